The van der Waals surface area contributed by atoms with E-state index in [1.165, 1.54) is 7.11 Å². The van der Waals surface area contributed by atoms with Gasteiger partial charge >= 0.3 is 18.2 Å². The summed E-state index contributed by atoms with van der Waals surface area (Å²) >= 11 is 0. The van der Waals surface area contributed by atoms with Gasteiger partial charge in [-0.15, -0.1) is 0 Å². The maximum atomic E-state index is 13.8. The molecule has 1 fully saturated rings. The number of nitrogens with zero attached hydrogens (tertiary/aromatic N) is 3. The van der Waals surface area contributed by atoms with Crippen molar-refractivity contribution < 1.29 is 32.2 Å². The lowest BCUT2D eigenvalue weighted by Gasteiger charge is -2.35. The Hall–Kier alpha value is -4.27. The molecule has 0 saturated carbocycles. The lowest BCUT2D eigenvalue weighted by molar-refractivity contribution is -0.140. The van der Waals surface area contributed by atoms with E-state index in [9.17, 15) is 22.8 Å². The molecule has 0 spiro atoms. The lowest BCUT2D eigenvalue weighted by atomic mass is 10.0. The Morgan fingerprint density at radius 3 is 2.47 bits per heavy atom. The van der Waals surface area contributed by atoms with E-state index >= 15 is 0 Å². The molecule has 244 valence electrons. The molecule has 12 heteroatoms. The molecule has 0 bridgehead atoms. The Morgan fingerprint density at radius 1 is 1.16 bits per heavy atom. The minimum Gasteiger partial charge on any atom is -0.469 e. The number of carbonyl (C=O) groups is 2. The number of anilines is 1. The highest BCUT2D eigenvalue weighted by Crippen LogP contribution is 2.31. The summed E-state index contributed by atoms with van der Waals surface area (Å²) < 4.78 is 51.4. The highest BCUT2D eigenvalue weighted by Gasteiger charge is 2.35. The molecule has 3 rings (SSSR count). The SMILES string of the molecule is CC/C(=C\CC(C)Nc1ncc(C(F)(F)F)c(C#Cc2ccccc2CC(=O)OC)n1)N1CCC(NC(=O)OC(C)(C)C)CC1. The van der Waals surface area contributed by atoms with Crippen molar-refractivity contribution in [1.29, 1.82) is 0 Å². The van der Waals surface area contributed by atoms with Crippen molar-refractivity contribution >= 4 is 18.0 Å². The van der Waals surface area contributed by atoms with Crippen LogP contribution in [0.15, 0.2) is 42.2 Å². The van der Waals surface area contributed by atoms with Gasteiger partial charge in [0.15, 0.2) is 0 Å². The number of likely N-dealkylation sites (tertiary alicyclic amines) is 1. The number of carbonyl (C=O) groups excluding carboxylic acids is 2. The maximum Gasteiger partial charge on any atom is 0.420 e. The fourth-order valence-corrected chi connectivity index (χ4v) is 4.78. The number of alkyl halides is 3. The number of aromatic nitrogens is 2. The van der Waals surface area contributed by atoms with Crippen LogP contribution in [0.5, 0.6) is 0 Å². The second kappa shape index (κ2) is 15.6. The second-order valence-corrected chi connectivity index (χ2v) is 11.9. The molecule has 1 amide bonds. The summed E-state index contributed by atoms with van der Waals surface area (Å²) in [6.45, 7) is 11.0. The number of piperidine rings is 1. The molecule has 1 aliphatic heterocycles. The normalized spacial score (nSPS) is 15.0. The van der Waals surface area contributed by atoms with Crippen molar-refractivity contribution in [2.45, 2.75) is 90.6 Å². The van der Waals surface area contributed by atoms with Crippen LogP contribution in [0.4, 0.5) is 23.9 Å². The molecular formula is C33H42F3N5O4. The van der Waals surface area contributed by atoms with Gasteiger partial charge in [-0.05, 0) is 70.9 Å². The van der Waals surface area contributed by atoms with Crippen molar-refractivity contribution in [3.05, 3.63) is 64.6 Å². The van der Waals surface area contributed by atoms with Crippen LogP contribution in [0.3, 0.4) is 0 Å². The third kappa shape index (κ3) is 11.3. The average Bonchev–Trinajstić information content (AvgIpc) is 2.96. The molecule has 0 aliphatic carbocycles. The monoisotopic (exact) mass is 629 g/mol. The van der Waals surface area contributed by atoms with E-state index in [0.29, 0.717) is 17.5 Å². The number of amides is 1. The summed E-state index contributed by atoms with van der Waals surface area (Å²) in [5, 5.41) is 6.04. The minimum atomic E-state index is -4.70. The maximum absolute atomic E-state index is 13.8. The molecule has 45 heavy (non-hydrogen) atoms. The van der Waals surface area contributed by atoms with E-state index in [1.54, 1.807) is 24.3 Å². The van der Waals surface area contributed by atoms with Gasteiger partial charge in [-0.2, -0.15) is 13.2 Å². The third-order valence-corrected chi connectivity index (χ3v) is 7.06. The van der Waals surface area contributed by atoms with Crippen molar-refractivity contribution in [2.75, 3.05) is 25.5 Å². The number of alkyl carbamates (subject to hydrolysis) is 1. The lowest BCUT2D eigenvalue weighted by Crippen LogP contribution is -2.45. The summed E-state index contributed by atoms with van der Waals surface area (Å²) in [4.78, 5) is 34.2. The van der Waals surface area contributed by atoms with Gasteiger partial charge in [-0.3, -0.25) is 4.79 Å². The molecule has 2 aromatic rings. The van der Waals surface area contributed by atoms with E-state index in [-0.39, 0.29) is 24.5 Å². The van der Waals surface area contributed by atoms with E-state index in [2.05, 4.69) is 50.3 Å². The molecule has 0 radical (unpaired) electrons. The Morgan fingerprint density at radius 2 is 1.84 bits per heavy atom. The predicted molar refractivity (Wildman–Crippen MR) is 165 cm³/mol. The zero-order valence-electron chi connectivity index (χ0n) is 26.7. The van der Waals surface area contributed by atoms with Crippen LogP contribution < -0.4 is 10.6 Å². The summed E-state index contributed by atoms with van der Waals surface area (Å²) in [7, 11) is 1.26. The van der Waals surface area contributed by atoms with Crippen molar-refractivity contribution in [3.63, 3.8) is 0 Å². The van der Waals surface area contributed by atoms with Gasteiger partial charge in [0.2, 0.25) is 5.95 Å². The summed E-state index contributed by atoms with van der Waals surface area (Å²) in [6, 6.07) is 6.55. The number of methoxy groups -OCH3 is 1. The van der Waals surface area contributed by atoms with E-state index in [0.717, 1.165) is 44.2 Å². The Labute approximate surface area is 263 Å². The molecular weight excluding hydrogens is 587 g/mol. The Balaban J connectivity index is 1.68. The van der Waals surface area contributed by atoms with Crippen LogP contribution in [0.2, 0.25) is 0 Å². The van der Waals surface area contributed by atoms with Gasteiger partial charge in [0.1, 0.15) is 16.9 Å². The van der Waals surface area contributed by atoms with Crippen molar-refractivity contribution in [3.8, 4) is 11.8 Å². The van der Waals surface area contributed by atoms with E-state index in [1.807, 2.05) is 27.7 Å². The molecule has 2 N–H and O–H groups in total. The van der Waals surface area contributed by atoms with Crippen LogP contribution in [-0.4, -0.2) is 64.8 Å². The fraction of sp³-hybridized carbons (Fsp3) is 0.515. The summed E-state index contributed by atoms with van der Waals surface area (Å²) in [5.41, 5.74) is 0.0365. The standard InChI is InChI=1S/C33H42F3N5O4/c1-7-26(41-18-16-25(17-19-41)39-31(43)45-32(3,4)5)14-12-22(2)38-30-37-21-27(33(34,35)36)28(40-30)15-13-23-10-8-9-11-24(23)20-29(42)44-6/h8-11,14,21-22,25H,7,12,16-20H2,1-6H3,(H,39,43)(H,37,38,40)/b26-14+. The first kappa shape index (κ1) is 35.2. The number of rotatable bonds is 9. The number of nitrogens with one attached hydrogen (secondary N) is 2. The summed E-state index contributed by atoms with van der Waals surface area (Å²) in [6.07, 6.45) is 0.662. The first-order valence-corrected chi connectivity index (χ1v) is 15.0. The van der Waals surface area contributed by atoms with Crippen LogP contribution in [0.1, 0.15) is 82.7 Å². The van der Waals surface area contributed by atoms with E-state index in [4.69, 9.17) is 9.47 Å². The number of halogens is 3. The highest BCUT2D eigenvalue weighted by molar-refractivity contribution is 5.73. The third-order valence-electron chi connectivity index (χ3n) is 7.06. The van der Waals surface area contributed by atoms with Gasteiger partial charge in [0.25, 0.3) is 0 Å². The minimum absolute atomic E-state index is 0.0307. The molecule has 1 saturated heterocycles. The molecule has 1 atom stereocenters. The number of ether oxygens (including phenoxy) is 2. The Kier molecular flexibility index (Phi) is 12.2. The first-order valence-electron chi connectivity index (χ1n) is 15.0. The largest absolute Gasteiger partial charge is 0.469 e. The first-order chi connectivity index (χ1) is 21.2. The quantitative estimate of drug-likeness (QED) is 0.254. The number of benzene rings is 1. The van der Waals surface area contributed by atoms with Crippen LogP contribution in [0.25, 0.3) is 0 Å². The van der Waals surface area contributed by atoms with Gasteiger partial charge in [0, 0.05) is 42.6 Å². The Bertz CT molecular complexity index is 1420. The van der Waals surface area contributed by atoms with Gasteiger partial charge in [0.05, 0.1) is 13.5 Å². The van der Waals surface area contributed by atoms with Gasteiger partial charge in [-0.1, -0.05) is 37.1 Å². The molecule has 1 aromatic heterocycles. The van der Waals surface area contributed by atoms with Gasteiger partial charge < -0.3 is 25.0 Å². The molecule has 1 aliphatic rings. The van der Waals surface area contributed by atoms with Crippen molar-refractivity contribution in [1.82, 2.24) is 20.2 Å². The number of hydrogen-bond acceptors (Lipinski definition) is 8. The second-order valence-electron chi connectivity index (χ2n) is 11.9. The van der Waals surface area contributed by atoms with Crippen molar-refractivity contribution in [2.24, 2.45) is 0 Å². The number of hydrogen-bond donors (Lipinski definition) is 2. The summed E-state index contributed by atoms with van der Waals surface area (Å²) in [5.74, 6) is 4.83. The number of allylic oxidation sites excluding steroid dienone is 1. The molecule has 1 aromatic carbocycles. The van der Waals surface area contributed by atoms with Crippen LogP contribution in [-0.2, 0) is 26.9 Å². The topological polar surface area (TPSA) is 106 Å². The zero-order valence-corrected chi connectivity index (χ0v) is 26.7. The van der Waals surface area contributed by atoms with Gasteiger partial charge in [-0.25, -0.2) is 14.8 Å². The highest BCUT2D eigenvalue weighted by atomic mass is 19.4. The smallest absolute Gasteiger partial charge is 0.420 e. The number of esters is 1. The average molecular weight is 630 g/mol. The molecule has 9 nitrogen and oxygen atoms in total. The zero-order chi connectivity index (χ0) is 33.2. The molecule has 2 heterocycles. The van der Waals surface area contributed by atoms with E-state index < -0.39 is 35.1 Å². The molecule has 1 unspecified atom stereocenters. The predicted octanol–water partition coefficient (Wildman–Crippen LogP) is 6.08. The van der Waals surface area contributed by atoms with Crippen LogP contribution in [0, 0.1) is 11.8 Å². The van der Waals surface area contributed by atoms with Crippen LogP contribution >= 0.6 is 0 Å². The fourth-order valence-electron chi connectivity index (χ4n) is 4.78.